The molecule has 0 radical (unpaired) electrons. The number of nitrogens with one attached hydrogen (secondary N) is 2. The number of para-hydroxylation sites is 1. The lowest BCUT2D eigenvalue weighted by Crippen LogP contribution is -2.15. The highest BCUT2D eigenvalue weighted by Gasteiger charge is 2.16. The third-order valence-corrected chi connectivity index (χ3v) is 5.80. The van der Waals surface area contributed by atoms with E-state index in [0.717, 1.165) is 11.4 Å². The van der Waals surface area contributed by atoms with Gasteiger partial charge in [0.2, 0.25) is 5.91 Å². The van der Waals surface area contributed by atoms with Crippen LogP contribution in [0.5, 0.6) is 0 Å². The molecule has 0 aliphatic heterocycles. The van der Waals surface area contributed by atoms with Crippen molar-refractivity contribution >= 4 is 40.6 Å². The number of carbonyl (C=O) groups is 1. The predicted molar refractivity (Wildman–Crippen MR) is 131 cm³/mol. The van der Waals surface area contributed by atoms with Crippen LogP contribution >= 0.6 is 23.4 Å². The zero-order valence-corrected chi connectivity index (χ0v) is 19.0. The van der Waals surface area contributed by atoms with Gasteiger partial charge < -0.3 is 10.6 Å². The average molecular weight is 475 g/mol. The second-order valence-corrected chi connectivity index (χ2v) is 8.34. The zero-order valence-electron chi connectivity index (χ0n) is 17.4. The maximum atomic E-state index is 12.5. The summed E-state index contributed by atoms with van der Waals surface area (Å²) >= 11 is 7.25. The van der Waals surface area contributed by atoms with E-state index in [0.29, 0.717) is 33.8 Å². The molecule has 1 amide bonds. The van der Waals surface area contributed by atoms with Crippen molar-refractivity contribution in [2.24, 2.45) is 0 Å². The van der Waals surface area contributed by atoms with E-state index < -0.39 is 0 Å². The molecule has 0 spiro atoms. The molecule has 0 atom stereocenters. The number of anilines is 2. The van der Waals surface area contributed by atoms with Crippen molar-refractivity contribution in [3.05, 3.63) is 95.3 Å². The van der Waals surface area contributed by atoms with Crippen molar-refractivity contribution in [1.82, 2.24) is 14.8 Å². The van der Waals surface area contributed by atoms with Crippen LogP contribution < -0.4 is 10.6 Å². The van der Waals surface area contributed by atoms with Crippen LogP contribution in [-0.2, 0) is 11.3 Å². The van der Waals surface area contributed by atoms with E-state index in [-0.39, 0.29) is 11.7 Å². The first kappa shape index (κ1) is 22.4. The number of aromatic nitrogens is 3. The molecule has 0 aliphatic rings. The first-order chi connectivity index (χ1) is 16.1. The third kappa shape index (κ3) is 5.92. The topological polar surface area (TPSA) is 95.6 Å². The summed E-state index contributed by atoms with van der Waals surface area (Å²) < 4.78 is 1.93. The van der Waals surface area contributed by atoms with Crippen LogP contribution in [0.2, 0.25) is 5.02 Å². The minimum absolute atomic E-state index is 0.145. The van der Waals surface area contributed by atoms with Gasteiger partial charge in [-0.25, -0.2) is 0 Å². The van der Waals surface area contributed by atoms with E-state index in [9.17, 15) is 4.79 Å². The Balaban J connectivity index is 1.48. The zero-order chi connectivity index (χ0) is 23.0. The molecule has 0 saturated carbocycles. The van der Waals surface area contributed by atoms with Gasteiger partial charge in [0.15, 0.2) is 11.0 Å². The molecule has 7 nitrogen and oxygen atoms in total. The molecule has 164 valence electrons. The summed E-state index contributed by atoms with van der Waals surface area (Å²) in [5, 5.41) is 25.1. The van der Waals surface area contributed by atoms with Gasteiger partial charge in [-0.3, -0.25) is 9.36 Å². The van der Waals surface area contributed by atoms with E-state index in [4.69, 9.17) is 16.9 Å². The van der Waals surface area contributed by atoms with Crippen molar-refractivity contribution in [3.8, 4) is 11.8 Å². The predicted octanol–water partition coefficient (Wildman–Crippen LogP) is 5.14. The largest absolute Gasteiger partial charge is 0.378 e. The molecule has 0 unspecified atom stereocenters. The lowest BCUT2D eigenvalue weighted by atomic mass is 10.2. The molecule has 0 aliphatic carbocycles. The fourth-order valence-electron chi connectivity index (χ4n) is 3.09. The Morgan fingerprint density at radius 3 is 2.55 bits per heavy atom. The molecule has 2 N–H and O–H groups in total. The van der Waals surface area contributed by atoms with Crippen LogP contribution in [-0.4, -0.2) is 26.4 Å². The molecule has 33 heavy (non-hydrogen) atoms. The van der Waals surface area contributed by atoms with Crippen molar-refractivity contribution in [2.45, 2.75) is 11.7 Å². The quantitative estimate of drug-likeness (QED) is 0.343. The summed E-state index contributed by atoms with van der Waals surface area (Å²) in [5.41, 5.74) is 2.88. The number of nitriles is 1. The summed E-state index contributed by atoms with van der Waals surface area (Å²) in [7, 11) is 0. The molecule has 3 aromatic carbocycles. The maximum absolute atomic E-state index is 12.5. The molecule has 0 bridgehead atoms. The van der Waals surface area contributed by atoms with Crippen LogP contribution in [0.3, 0.4) is 0 Å². The van der Waals surface area contributed by atoms with Gasteiger partial charge in [0.1, 0.15) is 0 Å². The Hall–Kier alpha value is -3.80. The van der Waals surface area contributed by atoms with E-state index >= 15 is 0 Å². The van der Waals surface area contributed by atoms with Gasteiger partial charge in [0.05, 0.1) is 23.9 Å². The van der Waals surface area contributed by atoms with Crippen LogP contribution in [0.15, 0.2) is 84.0 Å². The van der Waals surface area contributed by atoms with Gasteiger partial charge in [-0.1, -0.05) is 47.6 Å². The number of nitrogens with zero attached hydrogens (tertiary/aromatic N) is 4. The van der Waals surface area contributed by atoms with Crippen LogP contribution in [0.25, 0.3) is 5.69 Å². The Kier molecular flexibility index (Phi) is 7.25. The number of benzene rings is 3. The standard InChI is InChI=1S/C24H19ClN6OS/c25-18-9-11-19(12-10-18)27-15-22-29-30-24(31(22)21-7-2-1-3-8-21)33-16-23(32)28-20-6-4-5-17(13-20)14-26/h1-13,27H,15-16H2,(H,28,32). The van der Waals surface area contributed by atoms with Crippen LogP contribution in [0.4, 0.5) is 11.4 Å². The monoisotopic (exact) mass is 474 g/mol. The van der Waals surface area contributed by atoms with E-state index in [1.165, 1.54) is 11.8 Å². The normalized spacial score (nSPS) is 10.4. The second kappa shape index (κ2) is 10.7. The van der Waals surface area contributed by atoms with E-state index in [1.54, 1.807) is 24.3 Å². The first-order valence-electron chi connectivity index (χ1n) is 10.0. The Bertz CT molecular complexity index is 1280. The molecule has 9 heteroatoms. The second-order valence-electron chi connectivity index (χ2n) is 6.96. The number of hydrogen-bond donors (Lipinski definition) is 2. The van der Waals surface area contributed by atoms with Crippen molar-refractivity contribution < 1.29 is 4.79 Å². The fourth-order valence-corrected chi connectivity index (χ4v) is 3.98. The number of amides is 1. The smallest absolute Gasteiger partial charge is 0.234 e. The van der Waals surface area contributed by atoms with E-state index in [1.807, 2.05) is 59.2 Å². The molecule has 0 fully saturated rings. The lowest BCUT2D eigenvalue weighted by molar-refractivity contribution is -0.113. The average Bonchev–Trinajstić information content (AvgIpc) is 3.26. The minimum Gasteiger partial charge on any atom is -0.378 e. The summed E-state index contributed by atoms with van der Waals surface area (Å²) in [6.07, 6.45) is 0. The first-order valence-corrected chi connectivity index (χ1v) is 11.4. The van der Waals surface area contributed by atoms with Gasteiger partial charge in [0.25, 0.3) is 0 Å². The van der Waals surface area contributed by atoms with Crippen molar-refractivity contribution in [2.75, 3.05) is 16.4 Å². The minimum atomic E-state index is -0.196. The van der Waals surface area contributed by atoms with Gasteiger partial charge in [-0.15, -0.1) is 10.2 Å². The van der Waals surface area contributed by atoms with Crippen molar-refractivity contribution in [1.29, 1.82) is 5.26 Å². The summed E-state index contributed by atoms with van der Waals surface area (Å²) in [5.74, 6) is 0.658. The SMILES string of the molecule is N#Cc1cccc(NC(=O)CSc2nnc(CNc3ccc(Cl)cc3)n2-c2ccccc2)c1. The van der Waals surface area contributed by atoms with Crippen LogP contribution in [0.1, 0.15) is 11.4 Å². The fraction of sp³-hybridized carbons (Fsp3) is 0.0833. The van der Waals surface area contributed by atoms with Gasteiger partial charge in [-0.2, -0.15) is 5.26 Å². The summed E-state index contributed by atoms with van der Waals surface area (Å²) in [4.78, 5) is 12.5. The number of rotatable bonds is 8. The highest BCUT2D eigenvalue weighted by atomic mass is 35.5. The maximum Gasteiger partial charge on any atom is 0.234 e. The van der Waals surface area contributed by atoms with Crippen molar-refractivity contribution in [3.63, 3.8) is 0 Å². The van der Waals surface area contributed by atoms with Gasteiger partial charge >= 0.3 is 0 Å². The third-order valence-electron chi connectivity index (χ3n) is 4.62. The van der Waals surface area contributed by atoms with Gasteiger partial charge in [-0.05, 0) is 54.6 Å². The van der Waals surface area contributed by atoms with Crippen LogP contribution in [0, 0.1) is 11.3 Å². The number of carbonyl (C=O) groups excluding carboxylic acids is 1. The Morgan fingerprint density at radius 2 is 1.79 bits per heavy atom. The molecule has 0 saturated heterocycles. The highest BCUT2D eigenvalue weighted by Crippen LogP contribution is 2.23. The molecule has 1 heterocycles. The lowest BCUT2D eigenvalue weighted by Gasteiger charge is -2.11. The molecular weight excluding hydrogens is 456 g/mol. The number of halogens is 1. The Morgan fingerprint density at radius 1 is 1.00 bits per heavy atom. The number of hydrogen-bond acceptors (Lipinski definition) is 6. The molecule has 4 aromatic rings. The molecule has 4 rings (SSSR count). The highest BCUT2D eigenvalue weighted by molar-refractivity contribution is 7.99. The molecular formula is C24H19ClN6OS. The summed E-state index contributed by atoms with van der Waals surface area (Å²) in [6.45, 7) is 0.442. The summed E-state index contributed by atoms with van der Waals surface area (Å²) in [6, 6.07) is 26.0. The Labute approximate surface area is 200 Å². The molecule has 1 aromatic heterocycles. The van der Waals surface area contributed by atoms with Gasteiger partial charge in [0, 0.05) is 22.1 Å². The number of thioether (sulfide) groups is 1. The van der Waals surface area contributed by atoms with E-state index in [2.05, 4.69) is 26.9 Å².